The number of halogens is 2. The van der Waals surface area contributed by atoms with E-state index in [1.54, 1.807) is 48.5 Å². The normalized spacial score (nSPS) is 10.6. The van der Waals surface area contributed by atoms with Crippen LogP contribution in [0.25, 0.3) is 0 Å². The number of para-hydroxylation sites is 2. The van der Waals surface area contributed by atoms with E-state index in [0.717, 1.165) is 10.0 Å². The van der Waals surface area contributed by atoms with Gasteiger partial charge < -0.3 is 20.1 Å². The van der Waals surface area contributed by atoms with E-state index in [-0.39, 0.29) is 12.5 Å². The number of benzene rings is 3. The molecule has 0 heterocycles. The maximum Gasteiger partial charge on any atom is 0.329 e. The highest BCUT2D eigenvalue weighted by molar-refractivity contribution is 9.10. The molecular weight excluding hydrogens is 564 g/mol. The van der Waals surface area contributed by atoms with E-state index in [9.17, 15) is 14.4 Å². The SMILES string of the molecule is CCOc1ccccc1NC(=O)C(=O)N/N=C\c1cc(Cl)ccc1OCC(=O)Nc1ccc(Br)cc1C. The Labute approximate surface area is 227 Å². The quantitative estimate of drug-likeness (QED) is 0.187. The van der Waals surface area contributed by atoms with Crippen molar-refractivity contribution in [1.29, 1.82) is 0 Å². The van der Waals surface area contributed by atoms with Crippen molar-refractivity contribution < 1.29 is 23.9 Å². The van der Waals surface area contributed by atoms with Crippen LogP contribution in [-0.4, -0.2) is 37.1 Å². The first-order valence-electron chi connectivity index (χ1n) is 11.1. The summed E-state index contributed by atoms with van der Waals surface area (Å²) in [5, 5.41) is 9.48. The van der Waals surface area contributed by atoms with E-state index in [1.165, 1.54) is 6.21 Å². The second kappa shape index (κ2) is 13.4. The Balaban J connectivity index is 1.59. The number of nitrogens with zero attached hydrogens (tertiary/aromatic N) is 1. The Kier molecular flexibility index (Phi) is 10.0. The largest absolute Gasteiger partial charge is 0.492 e. The smallest absolute Gasteiger partial charge is 0.329 e. The van der Waals surface area contributed by atoms with Crippen LogP contribution in [0.5, 0.6) is 11.5 Å². The van der Waals surface area contributed by atoms with Gasteiger partial charge in [0.2, 0.25) is 0 Å². The molecule has 3 rings (SSSR count). The summed E-state index contributed by atoms with van der Waals surface area (Å²) in [5.74, 6) is -1.53. The second-order valence-corrected chi connectivity index (χ2v) is 8.91. The van der Waals surface area contributed by atoms with Crippen LogP contribution < -0.4 is 25.5 Å². The van der Waals surface area contributed by atoms with Crippen molar-refractivity contribution in [3.8, 4) is 11.5 Å². The summed E-state index contributed by atoms with van der Waals surface area (Å²) in [7, 11) is 0. The molecule has 37 heavy (non-hydrogen) atoms. The molecule has 3 amide bonds. The number of carbonyl (C=O) groups is 3. The molecule has 3 aromatic rings. The minimum Gasteiger partial charge on any atom is -0.492 e. The highest BCUT2D eigenvalue weighted by Crippen LogP contribution is 2.24. The summed E-state index contributed by atoms with van der Waals surface area (Å²) in [6.07, 6.45) is 1.26. The Morgan fingerprint density at radius 3 is 2.49 bits per heavy atom. The van der Waals surface area contributed by atoms with E-state index in [4.69, 9.17) is 21.1 Å². The lowest BCUT2D eigenvalue weighted by molar-refractivity contribution is -0.136. The van der Waals surface area contributed by atoms with Gasteiger partial charge in [-0.05, 0) is 67.9 Å². The molecule has 0 aliphatic carbocycles. The summed E-state index contributed by atoms with van der Waals surface area (Å²) in [6, 6.07) is 16.9. The van der Waals surface area contributed by atoms with Crippen LogP contribution in [0, 0.1) is 6.92 Å². The number of nitrogens with one attached hydrogen (secondary N) is 3. The van der Waals surface area contributed by atoms with Gasteiger partial charge in [0.05, 0.1) is 18.5 Å². The molecule has 0 unspecified atom stereocenters. The summed E-state index contributed by atoms with van der Waals surface area (Å²) in [5.41, 5.74) is 4.46. The number of hydrogen-bond acceptors (Lipinski definition) is 6. The molecule has 3 N–H and O–H groups in total. The summed E-state index contributed by atoms with van der Waals surface area (Å²) < 4.78 is 12.0. The van der Waals surface area contributed by atoms with E-state index < -0.39 is 11.8 Å². The first-order valence-corrected chi connectivity index (χ1v) is 12.3. The average Bonchev–Trinajstić information content (AvgIpc) is 2.86. The van der Waals surface area contributed by atoms with E-state index in [2.05, 4.69) is 37.1 Å². The molecular formula is C26H24BrClN4O5. The highest BCUT2D eigenvalue weighted by Gasteiger charge is 2.15. The summed E-state index contributed by atoms with van der Waals surface area (Å²) in [6.45, 7) is 3.82. The minimum absolute atomic E-state index is 0.272. The molecule has 9 nitrogen and oxygen atoms in total. The number of hydrogen-bond donors (Lipinski definition) is 3. The highest BCUT2D eigenvalue weighted by atomic mass is 79.9. The van der Waals surface area contributed by atoms with Crippen LogP contribution in [0.3, 0.4) is 0 Å². The van der Waals surface area contributed by atoms with Gasteiger partial charge in [0.15, 0.2) is 6.61 Å². The maximum atomic E-state index is 12.4. The monoisotopic (exact) mass is 586 g/mol. The van der Waals surface area contributed by atoms with Crippen LogP contribution in [0.1, 0.15) is 18.1 Å². The summed E-state index contributed by atoms with van der Waals surface area (Å²) in [4.78, 5) is 36.8. The van der Waals surface area contributed by atoms with Crippen molar-refractivity contribution in [3.63, 3.8) is 0 Å². The number of anilines is 2. The molecule has 0 aromatic heterocycles. The third-order valence-corrected chi connectivity index (χ3v) is 5.53. The van der Waals surface area contributed by atoms with E-state index in [0.29, 0.717) is 40.1 Å². The Bertz CT molecular complexity index is 1330. The molecule has 0 saturated heterocycles. The van der Waals surface area contributed by atoms with Crippen molar-refractivity contribution in [1.82, 2.24) is 5.43 Å². The first-order chi connectivity index (χ1) is 17.8. The third kappa shape index (κ3) is 8.33. The van der Waals surface area contributed by atoms with Gasteiger partial charge in [-0.1, -0.05) is 39.7 Å². The van der Waals surface area contributed by atoms with Crippen LogP contribution in [0.4, 0.5) is 11.4 Å². The number of ether oxygens (including phenoxy) is 2. The van der Waals surface area contributed by atoms with Crippen LogP contribution in [0.2, 0.25) is 5.02 Å². The molecule has 0 aliphatic rings. The predicted octanol–water partition coefficient (Wildman–Crippen LogP) is 4.92. The van der Waals surface area contributed by atoms with Crippen molar-refractivity contribution >= 4 is 62.8 Å². The first kappa shape index (κ1) is 27.7. The molecule has 192 valence electrons. The van der Waals surface area contributed by atoms with Gasteiger partial charge in [-0.3, -0.25) is 14.4 Å². The van der Waals surface area contributed by atoms with Crippen LogP contribution in [0.15, 0.2) is 70.2 Å². The van der Waals surface area contributed by atoms with Gasteiger partial charge in [0.1, 0.15) is 11.5 Å². The van der Waals surface area contributed by atoms with Gasteiger partial charge in [-0.2, -0.15) is 5.10 Å². The lowest BCUT2D eigenvalue weighted by Gasteiger charge is -2.12. The molecule has 0 spiro atoms. The van der Waals surface area contributed by atoms with E-state index in [1.807, 2.05) is 26.0 Å². The van der Waals surface area contributed by atoms with Gasteiger partial charge in [-0.25, -0.2) is 5.43 Å². The Morgan fingerprint density at radius 1 is 0.946 bits per heavy atom. The number of amides is 3. The van der Waals surface area contributed by atoms with Crippen molar-refractivity contribution in [2.24, 2.45) is 5.10 Å². The average molecular weight is 588 g/mol. The lowest BCUT2D eigenvalue weighted by Crippen LogP contribution is -2.32. The second-order valence-electron chi connectivity index (χ2n) is 7.56. The molecule has 11 heteroatoms. The predicted molar refractivity (Wildman–Crippen MR) is 146 cm³/mol. The fraction of sp³-hybridized carbons (Fsp3) is 0.154. The molecule has 0 fully saturated rings. The number of aryl methyl sites for hydroxylation is 1. The fourth-order valence-corrected chi connectivity index (χ4v) is 3.75. The third-order valence-electron chi connectivity index (χ3n) is 4.80. The molecule has 0 saturated carbocycles. The zero-order valence-corrected chi connectivity index (χ0v) is 22.4. The standard InChI is InChI=1S/C26H24BrClN4O5/c1-3-36-23-7-5-4-6-21(23)31-25(34)26(35)32-29-14-17-13-19(28)9-11-22(17)37-15-24(33)30-20-10-8-18(27)12-16(20)2/h4-14H,3,15H2,1-2H3,(H,30,33)(H,31,34)(H,32,35)/b29-14-. The van der Waals surface area contributed by atoms with Gasteiger partial charge in [0, 0.05) is 20.7 Å². The molecule has 0 radical (unpaired) electrons. The van der Waals surface area contributed by atoms with Crippen molar-refractivity contribution in [3.05, 3.63) is 81.3 Å². The van der Waals surface area contributed by atoms with Gasteiger partial charge in [0.25, 0.3) is 5.91 Å². The van der Waals surface area contributed by atoms with E-state index >= 15 is 0 Å². The zero-order valence-electron chi connectivity index (χ0n) is 20.0. The molecule has 0 aliphatic heterocycles. The van der Waals surface area contributed by atoms with Gasteiger partial charge >= 0.3 is 11.8 Å². The molecule has 0 bridgehead atoms. The summed E-state index contributed by atoms with van der Waals surface area (Å²) >= 11 is 9.46. The zero-order chi connectivity index (χ0) is 26.8. The maximum absolute atomic E-state index is 12.4. The van der Waals surface area contributed by atoms with Gasteiger partial charge in [-0.15, -0.1) is 0 Å². The Morgan fingerprint density at radius 2 is 1.73 bits per heavy atom. The lowest BCUT2D eigenvalue weighted by atomic mass is 10.2. The minimum atomic E-state index is -0.990. The van der Waals surface area contributed by atoms with Crippen molar-refractivity contribution in [2.45, 2.75) is 13.8 Å². The Hall–Kier alpha value is -3.89. The molecule has 3 aromatic carbocycles. The number of hydrazone groups is 1. The number of carbonyl (C=O) groups excluding carboxylic acids is 3. The van der Waals surface area contributed by atoms with Crippen LogP contribution >= 0.6 is 27.5 Å². The van der Waals surface area contributed by atoms with Crippen LogP contribution in [-0.2, 0) is 14.4 Å². The fourth-order valence-electron chi connectivity index (χ4n) is 3.09. The van der Waals surface area contributed by atoms with Crippen molar-refractivity contribution in [2.75, 3.05) is 23.8 Å². The number of rotatable bonds is 9. The molecule has 0 atom stereocenters. The topological polar surface area (TPSA) is 118 Å².